The zero-order chi connectivity index (χ0) is 11.3. The number of nitrogens with one attached hydrogen (secondary N) is 1. The fourth-order valence-electron chi connectivity index (χ4n) is 1.32. The predicted octanol–water partition coefficient (Wildman–Crippen LogP) is 1.99. The fourth-order valence-corrected chi connectivity index (χ4v) is 1.32. The van der Waals surface area contributed by atoms with Crippen LogP contribution in [0.4, 0.5) is 5.82 Å². The van der Waals surface area contributed by atoms with Crippen LogP contribution < -0.4 is 5.32 Å². The molecule has 0 saturated heterocycles. The molecule has 1 aromatic rings. The zero-order valence-corrected chi connectivity index (χ0v) is 8.97. The third-order valence-electron chi connectivity index (χ3n) is 1.99. The second kappa shape index (κ2) is 5.34. The van der Waals surface area contributed by atoms with Crippen LogP contribution in [0, 0.1) is 5.92 Å². The maximum atomic E-state index is 10.9. The van der Waals surface area contributed by atoms with Gasteiger partial charge in [0.1, 0.15) is 11.9 Å². The molecule has 0 aliphatic rings. The number of pyridine rings is 1. The van der Waals surface area contributed by atoms with Crippen molar-refractivity contribution in [2.24, 2.45) is 5.92 Å². The zero-order valence-electron chi connectivity index (χ0n) is 8.97. The van der Waals surface area contributed by atoms with Gasteiger partial charge >= 0.3 is 5.97 Å². The van der Waals surface area contributed by atoms with E-state index < -0.39 is 12.0 Å². The molecule has 0 bridgehead atoms. The summed E-state index contributed by atoms with van der Waals surface area (Å²) in [5, 5.41) is 11.9. The average Bonchev–Trinajstić information content (AvgIpc) is 2.17. The Kier molecular flexibility index (Phi) is 4.09. The van der Waals surface area contributed by atoms with E-state index in [-0.39, 0.29) is 0 Å². The van der Waals surface area contributed by atoms with Crippen LogP contribution in [0.1, 0.15) is 20.3 Å². The van der Waals surface area contributed by atoms with Gasteiger partial charge in [-0.1, -0.05) is 19.9 Å². The molecule has 0 amide bonds. The highest BCUT2D eigenvalue weighted by Gasteiger charge is 2.18. The molecule has 0 spiro atoms. The SMILES string of the molecule is CC(C)CC(Nc1ccccn1)C(=O)O. The van der Waals surface area contributed by atoms with Crippen LogP contribution in [0.2, 0.25) is 0 Å². The Morgan fingerprint density at radius 2 is 2.27 bits per heavy atom. The summed E-state index contributed by atoms with van der Waals surface area (Å²) in [5.41, 5.74) is 0. The average molecular weight is 208 g/mol. The summed E-state index contributed by atoms with van der Waals surface area (Å²) in [4.78, 5) is 15.0. The molecule has 15 heavy (non-hydrogen) atoms. The lowest BCUT2D eigenvalue weighted by molar-refractivity contribution is -0.138. The third kappa shape index (κ3) is 3.97. The molecule has 0 saturated carbocycles. The summed E-state index contributed by atoms with van der Waals surface area (Å²) in [5.74, 6) is 0.0993. The third-order valence-corrected chi connectivity index (χ3v) is 1.99. The molecule has 82 valence electrons. The van der Waals surface area contributed by atoms with Gasteiger partial charge in [-0.3, -0.25) is 0 Å². The van der Waals surface area contributed by atoms with Crippen LogP contribution >= 0.6 is 0 Å². The fraction of sp³-hybridized carbons (Fsp3) is 0.455. The lowest BCUT2D eigenvalue weighted by Crippen LogP contribution is -2.31. The number of rotatable bonds is 5. The van der Waals surface area contributed by atoms with Gasteiger partial charge in [0.2, 0.25) is 0 Å². The highest BCUT2D eigenvalue weighted by Crippen LogP contribution is 2.10. The van der Waals surface area contributed by atoms with Gasteiger partial charge in [-0.25, -0.2) is 9.78 Å². The molecule has 0 radical (unpaired) electrons. The second-order valence-corrected chi connectivity index (χ2v) is 3.88. The van der Waals surface area contributed by atoms with E-state index in [1.165, 1.54) is 0 Å². The highest BCUT2D eigenvalue weighted by molar-refractivity contribution is 5.76. The van der Waals surface area contributed by atoms with Gasteiger partial charge < -0.3 is 10.4 Å². The molecule has 4 heteroatoms. The smallest absolute Gasteiger partial charge is 0.326 e. The van der Waals surface area contributed by atoms with Crippen LogP contribution in [-0.4, -0.2) is 22.1 Å². The molecule has 4 nitrogen and oxygen atoms in total. The summed E-state index contributed by atoms with van der Waals surface area (Å²) in [6, 6.07) is 4.81. The van der Waals surface area contributed by atoms with E-state index in [0.717, 1.165) is 0 Å². The van der Waals surface area contributed by atoms with Gasteiger partial charge in [0, 0.05) is 6.20 Å². The van der Waals surface area contributed by atoms with Crippen LogP contribution in [-0.2, 0) is 4.79 Å². The van der Waals surface area contributed by atoms with Crippen molar-refractivity contribution in [1.82, 2.24) is 4.98 Å². The number of carbonyl (C=O) groups is 1. The molecule has 0 aliphatic carbocycles. The van der Waals surface area contributed by atoms with Crippen molar-refractivity contribution in [3.8, 4) is 0 Å². The van der Waals surface area contributed by atoms with Crippen molar-refractivity contribution in [3.63, 3.8) is 0 Å². The summed E-state index contributed by atoms with van der Waals surface area (Å²) in [6.45, 7) is 3.99. The first-order valence-corrected chi connectivity index (χ1v) is 5.00. The quantitative estimate of drug-likeness (QED) is 0.776. The Bertz CT molecular complexity index is 312. The van der Waals surface area contributed by atoms with Crippen molar-refractivity contribution < 1.29 is 9.90 Å². The normalized spacial score (nSPS) is 12.5. The van der Waals surface area contributed by atoms with Crippen LogP contribution in [0.5, 0.6) is 0 Å². The van der Waals surface area contributed by atoms with Crippen molar-refractivity contribution >= 4 is 11.8 Å². The molecule has 0 aliphatic heterocycles. The van der Waals surface area contributed by atoms with Crippen LogP contribution in [0.3, 0.4) is 0 Å². The number of aliphatic carboxylic acids is 1. The number of aromatic nitrogens is 1. The number of carboxylic acid groups (broad SMARTS) is 1. The Hall–Kier alpha value is -1.58. The highest BCUT2D eigenvalue weighted by atomic mass is 16.4. The van der Waals surface area contributed by atoms with Crippen molar-refractivity contribution in [1.29, 1.82) is 0 Å². The largest absolute Gasteiger partial charge is 0.480 e. The first-order valence-electron chi connectivity index (χ1n) is 5.00. The predicted molar refractivity (Wildman–Crippen MR) is 58.7 cm³/mol. The van der Waals surface area contributed by atoms with Gasteiger partial charge in [-0.15, -0.1) is 0 Å². The molecule has 1 atom stereocenters. The molecule has 0 fully saturated rings. The van der Waals surface area contributed by atoms with Gasteiger partial charge in [-0.2, -0.15) is 0 Å². The summed E-state index contributed by atoms with van der Waals surface area (Å²) >= 11 is 0. The molecule has 1 aromatic heterocycles. The van der Waals surface area contributed by atoms with Crippen molar-refractivity contribution in [3.05, 3.63) is 24.4 Å². The Morgan fingerprint density at radius 1 is 1.53 bits per heavy atom. The minimum absolute atomic E-state index is 0.335. The Labute approximate surface area is 89.3 Å². The van der Waals surface area contributed by atoms with E-state index in [1.807, 2.05) is 19.9 Å². The lowest BCUT2D eigenvalue weighted by Gasteiger charge is -2.16. The Morgan fingerprint density at radius 3 is 2.73 bits per heavy atom. The first-order chi connectivity index (χ1) is 7.09. The van der Waals surface area contributed by atoms with Crippen LogP contribution in [0.25, 0.3) is 0 Å². The van der Waals surface area contributed by atoms with Gasteiger partial charge in [-0.05, 0) is 24.5 Å². The van der Waals surface area contributed by atoms with Gasteiger partial charge in [0.15, 0.2) is 0 Å². The molecule has 0 aromatic carbocycles. The first kappa shape index (κ1) is 11.5. The molecular weight excluding hydrogens is 192 g/mol. The molecular formula is C11H16N2O2. The van der Waals surface area contributed by atoms with Gasteiger partial charge in [0.05, 0.1) is 0 Å². The minimum Gasteiger partial charge on any atom is -0.480 e. The summed E-state index contributed by atoms with van der Waals surface area (Å²) < 4.78 is 0. The van der Waals surface area contributed by atoms with E-state index >= 15 is 0 Å². The molecule has 1 unspecified atom stereocenters. The lowest BCUT2D eigenvalue weighted by atomic mass is 10.0. The monoisotopic (exact) mass is 208 g/mol. The number of anilines is 1. The summed E-state index contributed by atoms with van der Waals surface area (Å²) in [7, 11) is 0. The molecule has 2 N–H and O–H groups in total. The topological polar surface area (TPSA) is 62.2 Å². The Balaban J connectivity index is 2.63. The van der Waals surface area contributed by atoms with E-state index in [2.05, 4.69) is 10.3 Å². The maximum absolute atomic E-state index is 10.9. The van der Waals surface area contributed by atoms with E-state index in [4.69, 9.17) is 5.11 Å². The maximum Gasteiger partial charge on any atom is 0.326 e. The molecule has 1 heterocycles. The van der Waals surface area contributed by atoms with E-state index in [0.29, 0.717) is 18.2 Å². The van der Waals surface area contributed by atoms with Crippen molar-refractivity contribution in [2.75, 3.05) is 5.32 Å². The second-order valence-electron chi connectivity index (χ2n) is 3.88. The summed E-state index contributed by atoms with van der Waals surface area (Å²) in [6.07, 6.45) is 2.22. The number of nitrogens with zero attached hydrogens (tertiary/aromatic N) is 1. The van der Waals surface area contributed by atoms with Crippen molar-refractivity contribution in [2.45, 2.75) is 26.3 Å². The molecule has 1 rings (SSSR count). The van der Waals surface area contributed by atoms with E-state index in [9.17, 15) is 4.79 Å². The number of carboxylic acids is 1. The van der Waals surface area contributed by atoms with Crippen LogP contribution in [0.15, 0.2) is 24.4 Å². The number of hydrogen-bond donors (Lipinski definition) is 2. The van der Waals surface area contributed by atoms with Gasteiger partial charge in [0.25, 0.3) is 0 Å². The minimum atomic E-state index is -0.839. The standard InChI is InChI=1S/C11H16N2O2/c1-8(2)7-9(11(14)15)13-10-5-3-4-6-12-10/h3-6,8-9H,7H2,1-2H3,(H,12,13)(H,14,15). The van der Waals surface area contributed by atoms with E-state index in [1.54, 1.807) is 18.3 Å². The number of hydrogen-bond acceptors (Lipinski definition) is 3.